The number of rotatable bonds is 5. The summed E-state index contributed by atoms with van der Waals surface area (Å²) in [4.78, 5) is 66.5. The average molecular weight is 465 g/mol. The van der Waals surface area contributed by atoms with E-state index in [1.54, 1.807) is 25.1 Å². The molecule has 2 aromatic heterocycles. The van der Waals surface area contributed by atoms with E-state index in [-0.39, 0.29) is 30.3 Å². The molecule has 3 aromatic rings. The lowest BCUT2D eigenvalue weighted by Gasteiger charge is -2.29. The van der Waals surface area contributed by atoms with Gasteiger partial charge in [0.05, 0.1) is 13.7 Å². The van der Waals surface area contributed by atoms with Crippen LogP contribution in [0.25, 0.3) is 11.0 Å². The van der Waals surface area contributed by atoms with Crippen LogP contribution in [0.3, 0.4) is 0 Å². The second-order valence-electron chi connectivity index (χ2n) is 8.17. The maximum absolute atomic E-state index is 13.1. The number of aromatic nitrogens is 1. The third-order valence-electron chi connectivity index (χ3n) is 6.12. The van der Waals surface area contributed by atoms with Gasteiger partial charge < -0.3 is 30.1 Å². The van der Waals surface area contributed by atoms with Gasteiger partial charge in [0, 0.05) is 23.2 Å². The van der Waals surface area contributed by atoms with Crippen LogP contribution in [0, 0.1) is 6.92 Å². The highest BCUT2D eigenvalue weighted by Gasteiger charge is 2.53. The molecule has 2 aliphatic heterocycles. The SMILES string of the molecule is COc1ccc2c(c1)C(=O)N(CC1(c3cc4c(C)[nH]c(=O)c(C(N)=O)c4o3)NC(=O)NC1=O)C2. The van der Waals surface area contributed by atoms with Crippen LogP contribution in [0.15, 0.2) is 33.5 Å². The van der Waals surface area contributed by atoms with E-state index >= 15 is 0 Å². The number of benzene rings is 1. The number of H-pyrrole nitrogens is 1. The van der Waals surface area contributed by atoms with Gasteiger partial charge in [-0.05, 0) is 30.7 Å². The number of imide groups is 1. The minimum atomic E-state index is -1.80. The first-order valence-corrected chi connectivity index (χ1v) is 10.2. The number of amides is 5. The lowest BCUT2D eigenvalue weighted by molar-refractivity contribution is -0.125. The molecule has 5 N–H and O–H groups in total. The van der Waals surface area contributed by atoms with E-state index in [4.69, 9.17) is 14.9 Å². The standard InChI is InChI=1S/C22H19N5O7/c1-9-12-6-14(34-16(12)15(17(23)28)18(29)24-9)22(20(31)25-21(32)26-22)8-27-7-10-3-4-11(33-2)5-13(10)19(27)30/h3-6H,7-8H2,1-2H3,(H2,23,28)(H,24,29)(H2,25,26,31,32). The molecule has 4 heterocycles. The average Bonchev–Trinajstić information content (AvgIpc) is 3.43. The Morgan fingerprint density at radius 2 is 2.00 bits per heavy atom. The molecule has 0 bridgehead atoms. The summed E-state index contributed by atoms with van der Waals surface area (Å²) in [5.74, 6) is -1.67. The van der Waals surface area contributed by atoms with Crippen LogP contribution in [-0.4, -0.2) is 47.3 Å². The van der Waals surface area contributed by atoms with Crippen molar-refractivity contribution in [2.75, 3.05) is 13.7 Å². The molecule has 1 atom stereocenters. The molecule has 1 aromatic carbocycles. The lowest BCUT2D eigenvalue weighted by Crippen LogP contribution is -2.52. The minimum absolute atomic E-state index is 0.0585. The number of primary amides is 1. The Balaban J connectivity index is 1.62. The van der Waals surface area contributed by atoms with E-state index in [0.717, 1.165) is 5.56 Å². The second kappa shape index (κ2) is 7.20. The van der Waals surface area contributed by atoms with Crippen LogP contribution >= 0.6 is 0 Å². The Kier molecular flexibility index (Phi) is 4.50. The molecule has 34 heavy (non-hydrogen) atoms. The molecule has 1 unspecified atom stereocenters. The molecule has 5 amide bonds. The van der Waals surface area contributed by atoms with E-state index in [0.29, 0.717) is 22.4 Å². The maximum Gasteiger partial charge on any atom is 0.322 e. The number of aromatic amines is 1. The topological polar surface area (TPSA) is 177 Å². The Labute approximate surface area is 191 Å². The Morgan fingerprint density at radius 1 is 1.24 bits per heavy atom. The van der Waals surface area contributed by atoms with Crippen LogP contribution in [0.1, 0.15) is 37.7 Å². The number of hydrogen-bond donors (Lipinski definition) is 4. The Bertz CT molecular complexity index is 1490. The van der Waals surface area contributed by atoms with Gasteiger partial charge in [0.2, 0.25) is 0 Å². The van der Waals surface area contributed by atoms with E-state index in [2.05, 4.69) is 15.6 Å². The molecule has 5 rings (SSSR count). The van der Waals surface area contributed by atoms with Gasteiger partial charge in [-0.1, -0.05) is 6.07 Å². The fourth-order valence-electron chi connectivity index (χ4n) is 4.43. The molecule has 12 nitrogen and oxygen atoms in total. The molecule has 12 heteroatoms. The number of urea groups is 1. The third kappa shape index (κ3) is 2.95. The summed E-state index contributed by atoms with van der Waals surface area (Å²) < 4.78 is 11.0. The molecular weight excluding hydrogens is 446 g/mol. The number of nitrogens with one attached hydrogen (secondary N) is 3. The number of carbonyl (C=O) groups excluding carboxylic acids is 4. The first-order chi connectivity index (χ1) is 16.1. The minimum Gasteiger partial charge on any atom is -0.497 e. The van der Waals surface area contributed by atoms with Gasteiger partial charge in [0.15, 0.2) is 11.1 Å². The highest BCUT2D eigenvalue weighted by atomic mass is 16.5. The summed E-state index contributed by atoms with van der Waals surface area (Å²) in [7, 11) is 1.49. The van der Waals surface area contributed by atoms with Crippen molar-refractivity contribution < 1.29 is 28.3 Å². The van der Waals surface area contributed by atoms with Crippen molar-refractivity contribution in [3.05, 3.63) is 62.8 Å². The molecule has 1 saturated heterocycles. The third-order valence-corrected chi connectivity index (χ3v) is 6.12. The van der Waals surface area contributed by atoms with Crippen molar-refractivity contribution in [2.24, 2.45) is 5.73 Å². The number of pyridine rings is 1. The number of ether oxygens (including phenoxy) is 1. The van der Waals surface area contributed by atoms with Crippen LogP contribution in [0.2, 0.25) is 0 Å². The van der Waals surface area contributed by atoms with E-state index in [1.807, 2.05) is 0 Å². The number of furan rings is 1. The molecule has 174 valence electrons. The molecule has 0 spiro atoms. The summed E-state index contributed by atoms with van der Waals surface area (Å²) in [6, 6.07) is 5.74. The van der Waals surface area contributed by atoms with Gasteiger partial charge in [-0.2, -0.15) is 0 Å². The maximum atomic E-state index is 13.1. The fourth-order valence-corrected chi connectivity index (χ4v) is 4.43. The van der Waals surface area contributed by atoms with Gasteiger partial charge in [0.1, 0.15) is 17.1 Å². The monoisotopic (exact) mass is 465 g/mol. The molecule has 2 aliphatic rings. The quantitative estimate of drug-likeness (QED) is 0.390. The van der Waals surface area contributed by atoms with Crippen molar-refractivity contribution >= 4 is 34.7 Å². The van der Waals surface area contributed by atoms with E-state index < -0.39 is 34.5 Å². The Hall–Kier alpha value is -4.61. The van der Waals surface area contributed by atoms with Gasteiger partial charge >= 0.3 is 6.03 Å². The molecule has 0 radical (unpaired) electrons. The number of fused-ring (bicyclic) bond motifs is 2. The largest absolute Gasteiger partial charge is 0.497 e. The highest BCUT2D eigenvalue weighted by Crippen LogP contribution is 2.35. The highest BCUT2D eigenvalue weighted by molar-refractivity contribution is 6.09. The normalized spacial score (nSPS) is 19.4. The van der Waals surface area contributed by atoms with Crippen LogP contribution < -0.4 is 26.7 Å². The fraction of sp³-hybridized carbons (Fsp3) is 0.227. The zero-order valence-corrected chi connectivity index (χ0v) is 18.1. The van der Waals surface area contributed by atoms with E-state index in [9.17, 15) is 24.0 Å². The number of hydrogen-bond acceptors (Lipinski definition) is 7. The van der Waals surface area contributed by atoms with Crippen molar-refractivity contribution in [1.29, 1.82) is 0 Å². The first-order valence-electron chi connectivity index (χ1n) is 10.2. The summed E-state index contributed by atoms with van der Waals surface area (Å²) in [6.45, 7) is 1.51. The number of nitrogens with zero attached hydrogens (tertiary/aromatic N) is 1. The summed E-state index contributed by atoms with van der Waals surface area (Å²) in [5, 5.41) is 5.06. The summed E-state index contributed by atoms with van der Waals surface area (Å²) >= 11 is 0. The Morgan fingerprint density at radius 3 is 2.65 bits per heavy atom. The second-order valence-corrected chi connectivity index (χ2v) is 8.17. The van der Waals surface area contributed by atoms with Gasteiger partial charge in [-0.25, -0.2) is 4.79 Å². The zero-order valence-electron chi connectivity index (χ0n) is 18.1. The molecule has 0 saturated carbocycles. The zero-order chi connectivity index (χ0) is 24.4. The number of carbonyl (C=O) groups is 4. The lowest BCUT2D eigenvalue weighted by atomic mass is 9.95. The predicted molar refractivity (Wildman–Crippen MR) is 116 cm³/mol. The van der Waals surface area contributed by atoms with Crippen LogP contribution in [0.4, 0.5) is 4.79 Å². The van der Waals surface area contributed by atoms with Crippen molar-refractivity contribution in [2.45, 2.75) is 19.0 Å². The molecule has 1 fully saturated rings. The molecule has 0 aliphatic carbocycles. The van der Waals surface area contributed by atoms with Crippen LogP contribution in [0.5, 0.6) is 5.75 Å². The smallest absolute Gasteiger partial charge is 0.322 e. The molecular formula is C22H19N5O7. The first kappa shape index (κ1) is 21.2. The van der Waals surface area contributed by atoms with Crippen molar-refractivity contribution in [1.82, 2.24) is 20.5 Å². The summed E-state index contributed by atoms with van der Waals surface area (Å²) in [6.07, 6.45) is 0. The summed E-state index contributed by atoms with van der Waals surface area (Å²) in [5.41, 5.74) is 3.81. The van der Waals surface area contributed by atoms with Crippen molar-refractivity contribution in [3.8, 4) is 5.75 Å². The van der Waals surface area contributed by atoms with Gasteiger partial charge in [0.25, 0.3) is 23.3 Å². The number of aryl methyl sites for hydroxylation is 1. The van der Waals surface area contributed by atoms with Gasteiger partial charge in [-0.15, -0.1) is 0 Å². The van der Waals surface area contributed by atoms with Crippen LogP contribution in [-0.2, 0) is 16.9 Å². The number of nitrogens with two attached hydrogens (primary N) is 1. The van der Waals surface area contributed by atoms with E-state index in [1.165, 1.54) is 18.1 Å². The van der Waals surface area contributed by atoms with Gasteiger partial charge in [-0.3, -0.25) is 24.5 Å². The number of methoxy groups -OCH3 is 1. The van der Waals surface area contributed by atoms with Crippen molar-refractivity contribution in [3.63, 3.8) is 0 Å². The predicted octanol–water partition coefficient (Wildman–Crippen LogP) is 0.228.